The third kappa shape index (κ3) is 1.47. The molecule has 12 heavy (non-hydrogen) atoms. The number of hydrogen-bond acceptors (Lipinski definition) is 4. The molecule has 1 saturated heterocycles. The highest BCUT2D eigenvalue weighted by molar-refractivity contribution is 7.95. The van der Waals surface area contributed by atoms with Gasteiger partial charge in [0, 0.05) is 18.8 Å². The fourth-order valence-corrected chi connectivity index (χ4v) is 2.52. The van der Waals surface area contributed by atoms with Crippen molar-refractivity contribution in [2.45, 2.75) is 0 Å². The van der Waals surface area contributed by atoms with Crippen LogP contribution >= 0.6 is 0 Å². The summed E-state index contributed by atoms with van der Waals surface area (Å²) in [6.07, 6.45) is 0. The molecule has 0 bridgehead atoms. The van der Waals surface area contributed by atoms with Gasteiger partial charge >= 0.3 is 0 Å². The second kappa shape index (κ2) is 2.74. The summed E-state index contributed by atoms with van der Waals surface area (Å²) < 4.78 is 26.8. The summed E-state index contributed by atoms with van der Waals surface area (Å²) in [5.74, 6) is 0.215. The quantitative estimate of drug-likeness (QED) is 0.562. The molecule has 0 N–H and O–H groups in total. The van der Waals surface area contributed by atoms with Gasteiger partial charge in [0.2, 0.25) is 0 Å². The fourth-order valence-electron chi connectivity index (χ4n) is 1.41. The van der Waals surface area contributed by atoms with Gasteiger partial charge in [-0.3, -0.25) is 0 Å². The van der Waals surface area contributed by atoms with Crippen LogP contribution in [0.1, 0.15) is 0 Å². The van der Waals surface area contributed by atoms with E-state index < -0.39 is 9.84 Å². The van der Waals surface area contributed by atoms with Crippen molar-refractivity contribution < 1.29 is 13.2 Å². The van der Waals surface area contributed by atoms with Crippen molar-refractivity contribution >= 4 is 9.84 Å². The minimum atomic E-state index is -2.82. The van der Waals surface area contributed by atoms with Crippen molar-refractivity contribution in [3.8, 4) is 0 Å². The summed E-state index contributed by atoms with van der Waals surface area (Å²) in [6, 6.07) is 0. The molecule has 0 aromatic rings. The van der Waals surface area contributed by atoms with E-state index >= 15 is 0 Å². The van der Waals surface area contributed by atoms with E-state index in [0.29, 0.717) is 13.2 Å². The SMILES string of the molecule is O=S1(=O)C=C(N2CCOCC2)C1. The zero-order valence-electron chi connectivity index (χ0n) is 6.69. The first kappa shape index (κ1) is 8.07. The predicted octanol–water partition coefficient (Wildman–Crippen LogP) is -0.412. The summed E-state index contributed by atoms with van der Waals surface area (Å²) in [5.41, 5.74) is 0.943. The monoisotopic (exact) mass is 189 g/mol. The van der Waals surface area contributed by atoms with Gasteiger partial charge in [0.05, 0.1) is 24.4 Å². The van der Waals surface area contributed by atoms with Crippen molar-refractivity contribution in [2.24, 2.45) is 0 Å². The molecule has 0 spiro atoms. The first-order valence-corrected chi connectivity index (χ1v) is 5.65. The van der Waals surface area contributed by atoms with Crippen LogP contribution < -0.4 is 0 Å². The molecular formula is C7H11NO3S. The summed E-state index contributed by atoms with van der Waals surface area (Å²) in [5, 5.41) is 1.36. The summed E-state index contributed by atoms with van der Waals surface area (Å²) in [6.45, 7) is 3.05. The second-order valence-electron chi connectivity index (χ2n) is 3.02. The minimum absolute atomic E-state index is 0.215. The van der Waals surface area contributed by atoms with E-state index in [1.165, 1.54) is 5.41 Å². The molecule has 2 rings (SSSR count). The van der Waals surface area contributed by atoms with Gasteiger partial charge in [-0.2, -0.15) is 0 Å². The van der Waals surface area contributed by atoms with Crippen LogP contribution in [0.2, 0.25) is 0 Å². The predicted molar refractivity (Wildman–Crippen MR) is 44.3 cm³/mol. The highest BCUT2D eigenvalue weighted by Crippen LogP contribution is 2.20. The van der Waals surface area contributed by atoms with Crippen LogP contribution in [0.15, 0.2) is 11.1 Å². The van der Waals surface area contributed by atoms with Crippen LogP contribution in [0.25, 0.3) is 0 Å². The third-order valence-corrected chi connectivity index (χ3v) is 3.41. The van der Waals surface area contributed by atoms with E-state index in [1.54, 1.807) is 0 Å². The second-order valence-corrected chi connectivity index (χ2v) is 4.87. The molecule has 0 atom stereocenters. The van der Waals surface area contributed by atoms with Gasteiger partial charge in [-0.15, -0.1) is 0 Å². The molecule has 0 saturated carbocycles. The maximum atomic E-state index is 10.8. The smallest absolute Gasteiger partial charge is 0.178 e. The Balaban J connectivity index is 2.03. The van der Waals surface area contributed by atoms with Crippen LogP contribution in [0.3, 0.4) is 0 Å². The lowest BCUT2D eigenvalue weighted by Crippen LogP contribution is -2.40. The maximum absolute atomic E-state index is 10.8. The Bertz CT molecular complexity index is 301. The van der Waals surface area contributed by atoms with Crippen molar-refractivity contribution in [3.63, 3.8) is 0 Å². The molecule has 0 radical (unpaired) electrons. The first-order valence-electron chi connectivity index (χ1n) is 3.93. The van der Waals surface area contributed by atoms with Gasteiger partial charge in [-0.25, -0.2) is 8.42 Å². The van der Waals surface area contributed by atoms with Gasteiger partial charge in [-0.05, 0) is 0 Å². The highest BCUT2D eigenvalue weighted by atomic mass is 32.2. The zero-order chi connectivity index (χ0) is 8.60. The first-order chi connectivity index (χ1) is 5.67. The van der Waals surface area contributed by atoms with E-state index in [0.717, 1.165) is 18.8 Å². The van der Waals surface area contributed by atoms with Crippen molar-refractivity contribution in [3.05, 3.63) is 11.1 Å². The molecule has 0 aromatic carbocycles. The average molecular weight is 189 g/mol. The molecule has 0 amide bonds. The number of nitrogens with zero attached hydrogens (tertiary/aromatic N) is 1. The van der Waals surface area contributed by atoms with E-state index in [9.17, 15) is 8.42 Å². The van der Waals surface area contributed by atoms with Crippen LogP contribution in [-0.4, -0.2) is 45.4 Å². The molecule has 2 aliphatic rings. The van der Waals surface area contributed by atoms with Crippen LogP contribution in [0.5, 0.6) is 0 Å². The Morgan fingerprint density at radius 1 is 1.33 bits per heavy atom. The Morgan fingerprint density at radius 3 is 2.42 bits per heavy atom. The normalized spacial score (nSPS) is 27.7. The number of hydrogen-bond donors (Lipinski definition) is 0. The zero-order valence-corrected chi connectivity index (χ0v) is 7.51. The van der Waals surface area contributed by atoms with Gasteiger partial charge in [0.1, 0.15) is 0 Å². The molecule has 2 heterocycles. The van der Waals surface area contributed by atoms with Gasteiger partial charge in [0.15, 0.2) is 9.84 Å². The van der Waals surface area contributed by atoms with Gasteiger partial charge in [-0.1, -0.05) is 0 Å². The highest BCUT2D eigenvalue weighted by Gasteiger charge is 2.27. The average Bonchev–Trinajstić information content (AvgIpc) is 2.02. The molecular weight excluding hydrogens is 178 g/mol. The van der Waals surface area contributed by atoms with E-state index in [-0.39, 0.29) is 5.75 Å². The standard InChI is InChI=1S/C7H11NO3S/c9-12(10)5-7(6-12)8-1-3-11-4-2-8/h5H,1-4,6H2. The third-order valence-electron chi connectivity index (χ3n) is 2.08. The fraction of sp³-hybridized carbons (Fsp3) is 0.714. The molecule has 0 aromatic heterocycles. The minimum Gasteiger partial charge on any atom is -0.378 e. The Hall–Kier alpha value is -0.550. The molecule has 68 valence electrons. The molecule has 0 unspecified atom stereocenters. The van der Waals surface area contributed by atoms with E-state index in [2.05, 4.69) is 4.90 Å². The van der Waals surface area contributed by atoms with E-state index in [1.807, 2.05) is 0 Å². The van der Waals surface area contributed by atoms with Gasteiger partial charge < -0.3 is 9.64 Å². The summed E-state index contributed by atoms with van der Waals surface area (Å²) in [4.78, 5) is 2.07. The van der Waals surface area contributed by atoms with Crippen LogP contribution in [-0.2, 0) is 14.6 Å². The largest absolute Gasteiger partial charge is 0.378 e. The number of morpholine rings is 1. The van der Waals surface area contributed by atoms with Crippen molar-refractivity contribution in [2.75, 3.05) is 32.1 Å². The number of ether oxygens (including phenoxy) is 1. The lowest BCUT2D eigenvalue weighted by atomic mass is 10.4. The topological polar surface area (TPSA) is 46.6 Å². The maximum Gasteiger partial charge on any atom is 0.178 e. The summed E-state index contributed by atoms with van der Waals surface area (Å²) >= 11 is 0. The van der Waals surface area contributed by atoms with E-state index in [4.69, 9.17) is 4.74 Å². The van der Waals surface area contributed by atoms with Crippen LogP contribution in [0.4, 0.5) is 0 Å². The molecule has 0 aliphatic carbocycles. The summed E-state index contributed by atoms with van der Waals surface area (Å²) in [7, 11) is -2.82. The number of sulfone groups is 1. The van der Waals surface area contributed by atoms with Crippen molar-refractivity contribution in [1.82, 2.24) is 4.90 Å². The Morgan fingerprint density at radius 2 is 1.92 bits per heavy atom. The lowest BCUT2D eigenvalue weighted by Gasteiger charge is -2.33. The molecule has 2 aliphatic heterocycles. The molecule has 4 nitrogen and oxygen atoms in total. The Labute approximate surface area is 71.7 Å². The van der Waals surface area contributed by atoms with Crippen molar-refractivity contribution in [1.29, 1.82) is 0 Å². The molecule has 5 heteroatoms. The number of rotatable bonds is 1. The molecule has 1 fully saturated rings. The lowest BCUT2D eigenvalue weighted by molar-refractivity contribution is 0.0536. The Kier molecular flexibility index (Phi) is 1.84. The van der Waals surface area contributed by atoms with Crippen LogP contribution in [0, 0.1) is 0 Å². The van der Waals surface area contributed by atoms with Gasteiger partial charge in [0.25, 0.3) is 0 Å².